The van der Waals surface area contributed by atoms with E-state index in [-0.39, 0.29) is 4.08 Å². The summed E-state index contributed by atoms with van der Waals surface area (Å²) < 4.78 is 0.186. The van der Waals surface area contributed by atoms with Gasteiger partial charge in [-0.15, -0.1) is 23.5 Å². The Hall–Kier alpha value is -0.280. The molecule has 0 bridgehead atoms. The summed E-state index contributed by atoms with van der Waals surface area (Å²) in [6.07, 6.45) is 1.31. The zero-order valence-corrected chi connectivity index (χ0v) is 9.83. The monoisotopic (exact) mass is 226 g/mol. The number of thioether (sulfide) groups is 2. The molecule has 1 aliphatic rings. The lowest BCUT2D eigenvalue weighted by molar-refractivity contribution is 0.475. The summed E-state index contributed by atoms with van der Waals surface area (Å²) in [5.41, 5.74) is 1.31. The molecule has 0 atom stereocenters. The van der Waals surface area contributed by atoms with Gasteiger partial charge < -0.3 is 5.11 Å². The second-order valence-electron chi connectivity index (χ2n) is 3.54. The number of phenols is 1. The average molecular weight is 226 g/mol. The van der Waals surface area contributed by atoms with Gasteiger partial charge in [0.15, 0.2) is 0 Å². The molecule has 0 saturated carbocycles. The van der Waals surface area contributed by atoms with E-state index in [1.807, 2.05) is 35.7 Å². The van der Waals surface area contributed by atoms with Gasteiger partial charge in [-0.05, 0) is 42.5 Å². The molecular weight excluding hydrogens is 212 g/mol. The molecule has 1 aliphatic heterocycles. The van der Waals surface area contributed by atoms with Crippen LogP contribution in [0.15, 0.2) is 24.3 Å². The molecule has 0 amide bonds. The van der Waals surface area contributed by atoms with Crippen molar-refractivity contribution < 1.29 is 5.11 Å². The fourth-order valence-corrected chi connectivity index (χ4v) is 4.54. The van der Waals surface area contributed by atoms with E-state index in [9.17, 15) is 5.11 Å². The first-order valence-corrected chi connectivity index (χ1v) is 6.75. The van der Waals surface area contributed by atoms with Gasteiger partial charge in [-0.1, -0.05) is 12.1 Å². The molecule has 0 radical (unpaired) electrons. The molecule has 0 spiro atoms. The van der Waals surface area contributed by atoms with Gasteiger partial charge in [-0.2, -0.15) is 0 Å². The fourth-order valence-electron chi connectivity index (χ4n) is 1.57. The van der Waals surface area contributed by atoms with Gasteiger partial charge in [-0.25, -0.2) is 0 Å². The van der Waals surface area contributed by atoms with Crippen molar-refractivity contribution in [3.05, 3.63) is 29.8 Å². The van der Waals surface area contributed by atoms with E-state index < -0.39 is 0 Å². The Balaban J connectivity index is 2.23. The Morgan fingerprint density at radius 3 is 2.29 bits per heavy atom. The Kier molecular flexibility index (Phi) is 2.98. The lowest BCUT2D eigenvalue weighted by atomic mass is 10.1. The summed E-state index contributed by atoms with van der Waals surface area (Å²) in [6.45, 7) is 2.27. The molecule has 1 aromatic rings. The van der Waals surface area contributed by atoms with E-state index in [0.717, 1.165) is 0 Å². The zero-order chi connectivity index (χ0) is 10.0. The second-order valence-corrected chi connectivity index (χ2v) is 6.83. The second kappa shape index (κ2) is 4.07. The molecule has 76 valence electrons. The Bertz CT molecular complexity index is 302. The van der Waals surface area contributed by atoms with Crippen LogP contribution >= 0.6 is 23.5 Å². The van der Waals surface area contributed by atoms with E-state index in [0.29, 0.717) is 5.75 Å². The van der Waals surface area contributed by atoms with Crippen LogP contribution < -0.4 is 0 Å². The molecule has 1 heterocycles. The molecule has 0 aromatic heterocycles. The highest BCUT2D eigenvalue weighted by Gasteiger charge is 2.30. The van der Waals surface area contributed by atoms with Crippen molar-refractivity contribution in [2.45, 2.75) is 17.4 Å². The minimum Gasteiger partial charge on any atom is -0.508 e. The number of hydrogen-bond donors (Lipinski definition) is 1. The first-order valence-electron chi connectivity index (χ1n) is 4.78. The molecule has 2 rings (SSSR count). The Labute approximate surface area is 93.3 Å². The maximum atomic E-state index is 9.23. The molecule has 0 aliphatic carbocycles. The fraction of sp³-hybridized carbons (Fsp3) is 0.455. The number of phenolic OH excluding ortho intramolecular Hbond substituents is 1. The predicted octanol–water partition coefficient (Wildman–Crippen LogP) is 3.44. The van der Waals surface area contributed by atoms with Crippen molar-refractivity contribution in [3.63, 3.8) is 0 Å². The topological polar surface area (TPSA) is 20.2 Å². The number of rotatable bonds is 1. The summed E-state index contributed by atoms with van der Waals surface area (Å²) in [5, 5.41) is 9.23. The molecule has 3 heteroatoms. The van der Waals surface area contributed by atoms with E-state index in [4.69, 9.17) is 0 Å². The summed E-state index contributed by atoms with van der Waals surface area (Å²) in [5.74, 6) is 2.83. The molecule has 14 heavy (non-hydrogen) atoms. The van der Waals surface area contributed by atoms with Crippen LogP contribution in [0.25, 0.3) is 0 Å². The van der Waals surface area contributed by atoms with Crippen molar-refractivity contribution >= 4 is 23.5 Å². The van der Waals surface area contributed by atoms with Crippen LogP contribution in [0.5, 0.6) is 5.75 Å². The minimum absolute atomic E-state index is 0.186. The third-order valence-corrected chi connectivity index (χ3v) is 5.70. The summed E-state index contributed by atoms with van der Waals surface area (Å²) in [4.78, 5) is 0. The van der Waals surface area contributed by atoms with E-state index >= 15 is 0 Å². The van der Waals surface area contributed by atoms with Crippen molar-refractivity contribution in [1.29, 1.82) is 0 Å². The van der Waals surface area contributed by atoms with Gasteiger partial charge in [-0.3, -0.25) is 0 Å². The normalized spacial score (nSPS) is 20.6. The average Bonchev–Trinajstić information content (AvgIpc) is 2.19. The molecule has 1 nitrogen and oxygen atoms in total. The van der Waals surface area contributed by atoms with Crippen LogP contribution in [0, 0.1) is 0 Å². The smallest absolute Gasteiger partial charge is 0.115 e. The number of aromatic hydroxyl groups is 1. The van der Waals surface area contributed by atoms with Crippen LogP contribution in [0.1, 0.15) is 18.9 Å². The largest absolute Gasteiger partial charge is 0.508 e. The van der Waals surface area contributed by atoms with Gasteiger partial charge in [0.25, 0.3) is 0 Å². The maximum absolute atomic E-state index is 9.23. The quantitative estimate of drug-likeness (QED) is 0.792. The van der Waals surface area contributed by atoms with Crippen molar-refractivity contribution in [1.82, 2.24) is 0 Å². The summed E-state index contributed by atoms with van der Waals surface area (Å²) in [7, 11) is 0. The van der Waals surface area contributed by atoms with Gasteiger partial charge in [0.1, 0.15) is 5.75 Å². The first kappa shape index (κ1) is 10.2. The van der Waals surface area contributed by atoms with E-state index in [1.165, 1.54) is 23.5 Å². The van der Waals surface area contributed by atoms with Crippen LogP contribution in [-0.4, -0.2) is 16.6 Å². The standard InChI is InChI=1S/C11H14OS2/c1-11(13-7-2-8-14-11)9-3-5-10(12)6-4-9/h3-6,12H,2,7-8H2,1H3. The van der Waals surface area contributed by atoms with Crippen LogP contribution in [-0.2, 0) is 4.08 Å². The summed E-state index contributed by atoms with van der Waals surface area (Å²) >= 11 is 4.01. The third-order valence-electron chi connectivity index (χ3n) is 2.44. The van der Waals surface area contributed by atoms with Crippen LogP contribution in [0.3, 0.4) is 0 Å². The predicted molar refractivity (Wildman–Crippen MR) is 65.0 cm³/mol. The molecule has 0 unspecified atom stereocenters. The third kappa shape index (κ3) is 2.04. The van der Waals surface area contributed by atoms with Crippen LogP contribution in [0.2, 0.25) is 0 Å². The maximum Gasteiger partial charge on any atom is 0.115 e. The SMILES string of the molecule is CC1(c2ccc(O)cc2)SCCCS1. The van der Waals surface area contributed by atoms with Gasteiger partial charge >= 0.3 is 0 Å². The molecular formula is C11H14OS2. The van der Waals surface area contributed by atoms with E-state index in [1.54, 1.807) is 12.1 Å². The van der Waals surface area contributed by atoms with Crippen molar-refractivity contribution in [2.24, 2.45) is 0 Å². The number of hydrogen-bond acceptors (Lipinski definition) is 3. The van der Waals surface area contributed by atoms with Gasteiger partial charge in [0, 0.05) is 0 Å². The van der Waals surface area contributed by atoms with Crippen molar-refractivity contribution in [2.75, 3.05) is 11.5 Å². The highest BCUT2D eigenvalue weighted by atomic mass is 32.2. The highest BCUT2D eigenvalue weighted by Crippen LogP contribution is 2.49. The Morgan fingerprint density at radius 1 is 1.14 bits per heavy atom. The first-order chi connectivity index (χ1) is 6.71. The van der Waals surface area contributed by atoms with E-state index in [2.05, 4.69) is 6.92 Å². The molecule has 1 saturated heterocycles. The Morgan fingerprint density at radius 2 is 1.71 bits per heavy atom. The summed E-state index contributed by atoms with van der Waals surface area (Å²) in [6, 6.07) is 7.61. The zero-order valence-electron chi connectivity index (χ0n) is 8.19. The molecule has 1 aromatic carbocycles. The van der Waals surface area contributed by atoms with Crippen LogP contribution in [0.4, 0.5) is 0 Å². The minimum atomic E-state index is 0.186. The van der Waals surface area contributed by atoms with Gasteiger partial charge in [0.2, 0.25) is 0 Å². The highest BCUT2D eigenvalue weighted by molar-refractivity contribution is 8.18. The van der Waals surface area contributed by atoms with Crippen molar-refractivity contribution in [3.8, 4) is 5.75 Å². The van der Waals surface area contributed by atoms with Gasteiger partial charge in [0.05, 0.1) is 4.08 Å². The molecule has 1 N–H and O–H groups in total. The molecule has 1 fully saturated rings. The number of benzene rings is 1. The lowest BCUT2D eigenvalue weighted by Crippen LogP contribution is -2.18. The lowest BCUT2D eigenvalue weighted by Gasteiger charge is -2.32.